The molecule has 14 heavy (non-hydrogen) atoms. The fourth-order valence-corrected chi connectivity index (χ4v) is 1.69. The fraction of sp³-hybridized carbons (Fsp3) is 0.200. The Bertz CT molecular complexity index is 350. The molecule has 0 atom stereocenters. The topological polar surface area (TPSA) is 26.0 Å². The number of allylic oxidation sites excluding steroid dienone is 1. The molecule has 1 nitrogen and oxygen atoms in total. The van der Waals surface area contributed by atoms with Crippen LogP contribution in [-0.2, 0) is 0 Å². The van der Waals surface area contributed by atoms with Crippen molar-refractivity contribution in [3.63, 3.8) is 0 Å². The van der Waals surface area contributed by atoms with Gasteiger partial charge in [-0.05, 0) is 24.3 Å². The molecule has 1 rings (SSSR count). The second-order valence-electron chi connectivity index (χ2n) is 2.81. The smallest absolute Gasteiger partial charge is 0.0656 e. The van der Waals surface area contributed by atoms with Crippen LogP contribution < -0.4 is 5.73 Å². The van der Waals surface area contributed by atoms with E-state index in [1.54, 1.807) is 12.1 Å². The summed E-state index contributed by atoms with van der Waals surface area (Å²) in [5, 5.41) is 1.08. The van der Waals surface area contributed by atoms with Gasteiger partial charge in [-0.2, -0.15) is 12.6 Å². The third kappa shape index (κ3) is 3.12. The first kappa shape index (κ1) is 11.8. The van der Waals surface area contributed by atoms with E-state index in [9.17, 15) is 0 Å². The summed E-state index contributed by atoms with van der Waals surface area (Å²) >= 11 is 15.8. The Morgan fingerprint density at radius 2 is 2.07 bits per heavy atom. The second-order valence-corrected chi connectivity index (χ2v) is 4.10. The minimum Gasteiger partial charge on any atom is -0.397 e. The average Bonchev–Trinajstić information content (AvgIpc) is 2.13. The van der Waals surface area contributed by atoms with Gasteiger partial charge in [0.25, 0.3) is 0 Å². The van der Waals surface area contributed by atoms with Crippen molar-refractivity contribution in [3.05, 3.63) is 33.8 Å². The summed E-state index contributed by atoms with van der Waals surface area (Å²) in [5.74, 6) is 0.810. The van der Waals surface area contributed by atoms with Crippen molar-refractivity contribution in [2.45, 2.75) is 6.42 Å². The van der Waals surface area contributed by atoms with Crippen LogP contribution in [-0.4, -0.2) is 5.75 Å². The van der Waals surface area contributed by atoms with Gasteiger partial charge in [-0.15, -0.1) is 0 Å². The SMILES string of the molecule is Nc1c(Cl)cc(Cl)cc1C=CCCS. The molecule has 1 aromatic rings. The highest BCUT2D eigenvalue weighted by atomic mass is 35.5. The molecule has 0 saturated carbocycles. The predicted molar refractivity (Wildman–Crippen MR) is 68.4 cm³/mol. The highest BCUT2D eigenvalue weighted by Crippen LogP contribution is 2.28. The van der Waals surface area contributed by atoms with Gasteiger partial charge in [0.2, 0.25) is 0 Å². The summed E-state index contributed by atoms with van der Waals surface area (Å²) in [6.07, 6.45) is 4.79. The van der Waals surface area contributed by atoms with E-state index in [1.165, 1.54) is 0 Å². The lowest BCUT2D eigenvalue weighted by Gasteiger charge is -2.03. The van der Waals surface area contributed by atoms with Crippen molar-refractivity contribution in [1.82, 2.24) is 0 Å². The Morgan fingerprint density at radius 3 is 2.71 bits per heavy atom. The first-order valence-corrected chi connectivity index (χ1v) is 5.56. The zero-order chi connectivity index (χ0) is 10.6. The Balaban J connectivity index is 2.96. The van der Waals surface area contributed by atoms with Gasteiger partial charge in [-0.25, -0.2) is 0 Å². The van der Waals surface area contributed by atoms with Crippen molar-refractivity contribution < 1.29 is 0 Å². The molecular weight excluding hydrogens is 237 g/mol. The molecule has 0 aromatic heterocycles. The van der Waals surface area contributed by atoms with Crippen molar-refractivity contribution in [2.24, 2.45) is 0 Å². The van der Waals surface area contributed by atoms with Crippen molar-refractivity contribution >= 4 is 47.6 Å². The summed E-state index contributed by atoms with van der Waals surface area (Å²) in [7, 11) is 0. The molecule has 0 aliphatic heterocycles. The normalized spacial score (nSPS) is 11.1. The van der Waals surface area contributed by atoms with Crippen molar-refractivity contribution in [1.29, 1.82) is 0 Å². The van der Waals surface area contributed by atoms with Crippen LogP contribution >= 0.6 is 35.8 Å². The molecule has 0 aliphatic carbocycles. The zero-order valence-corrected chi connectivity index (χ0v) is 9.91. The van der Waals surface area contributed by atoms with Crippen molar-refractivity contribution in [2.75, 3.05) is 11.5 Å². The highest BCUT2D eigenvalue weighted by Gasteiger charge is 2.02. The molecule has 4 heteroatoms. The fourth-order valence-electron chi connectivity index (χ4n) is 1.03. The number of nitrogens with two attached hydrogens (primary N) is 1. The van der Waals surface area contributed by atoms with Gasteiger partial charge >= 0.3 is 0 Å². The van der Waals surface area contributed by atoms with Gasteiger partial charge in [0.05, 0.1) is 10.7 Å². The van der Waals surface area contributed by atoms with Crippen LogP contribution in [0, 0.1) is 0 Å². The van der Waals surface area contributed by atoms with Crippen LogP contribution in [0.3, 0.4) is 0 Å². The van der Waals surface area contributed by atoms with Gasteiger partial charge in [0, 0.05) is 10.6 Å². The van der Waals surface area contributed by atoms with E-state index >= 15 is 0 Å². The van der Waals surface area contributed by atoms with E-state index in [2.05, 4.69) is 12.6 Å². The lowest BCUT2D eigenvalue weighted by atomic mass is 10.1. The summed E-state index contributed by atoms with van der Waals surface area (Å²) in [5.41, 5.74) is 7.19. The summed E-state index contributed by atoms with van der Waals surface area (Å²) < 4.78 is 0. The molecule has 1 aromatic carbocycles. The van der Waals surface area contributed by atoms with Crippen LogP contribution in [0.4, 0.5) is 5.69 Å². The highest BCUT2D eigenvalue weighted by molar-refractivity contribution is 7.80. The van der Waals surface area contributed by atoms with Gasteiger partial charge in [0.1, 0.15) is 0 Å². The van der Waals surface area contributed by atoms with Crippen LogP contribution in [0.2, 0.25) is 10.0 Å². The molecule has 76 valence electrons. The summed E-state index contributed by atoms with van der Waals surface area (Å²) in [6, 6.07) is 3.42. The minimum absolute atomic E-state index is 0.489. The Labute approximate surface area is 99.3 Å². The van der Waals surface area contributed by atoms with Crippen LogP contribution in [0.15, 0.2) is 18.2 Å². The van der Waals surface area contributed by atoms with E-state index < -0.39 is 0 Å². The maximum Gasteiger partial charge on any atom is 0.0656 e. The molecule has 0 saturated heterocycles. The number of thiol groups is 1. The average molecular weight is 248 g/mol. The lowest BCUT2D eigenvalue weighted by Crippen LogP contribution is -1.90. The van der Waals surface area contributed by atoms with Crippen molar-refractivity contribution in [3.8, 4) is 0 Å². The molecule has 0 radical (unpaired) electrons. The van der Waals surface area contributed by atoms with Gasteiger partial charge in [-0.1, -0.05) is 35.4 Å². The molecule has 2 N–H and O–H groups in total. The first-order valence-electron chi connectivity index (χ1n) is 4.17. The molecule has 0 amide bonds. The number of benzene rings is 1. The molecular formula is C10H11Cl2NS. The Morgan fingerprint density at radius 1 is 1.36 bits per heavy atom. The standard InChI is InChI=1S/C10H11Cl2NS/c11-8-5-7(3-1-2-4-14)10(13)9(12)6-8/h1,3,5-6,14H,2,4,13H2. The monoisotopic (exact) mass is 247 g/mol. The third-order valence-corrected chi connectivity index (χ3v) is 2.51. The summed E-state index contributed by atoms with van der Waals surface area (Å²) in [6.45, 7) is 0. The maximum atomic E-state index is 5.87. The van der Waals surface area contributed by atoms with Gasteiger partial charge in [0.15, 0.2) is 0 Å². The van der Waals surface area contributed by atoms with Crippen LogP contribution in [0.5, 0.6) is 0 Å². The minimum atomic E-state index is 0.489. The summed E-state index contributed by atoms with van der Waals surface area (Å²) in [4.78, 5) is 0. The quantitative estimate of drug-likeness (QED) is 0.615. The number of anilines is 1. The van der Waals surface area contributed by atoms with Gasteiger partial charge in [-0.3, -0.25) is 0 Å². The zero-order valence-electron chi connectivity index (χ0n) is 7.50. The second kappa shape index (κ2) is 5.54. The predicted octanol–water partition coefficient (Wildman–Crippen LogP) is 3.91. The van der Waals surface area contributed by atoms with E-state index in [4.69, 9.17) is 28.9 Å². The van der Waals surface area contributed by atoms with Crippen LogP contribution in [0.25, 0.3) is 6.08 Å². The maximum absolute atomic E-state index is 5.87. The molecule has 0 spiro atoms. The van der Waals surface area contributed by atoms with E-state index in [0.717, 1.165) is 17.7 Å². The number of nitrogen functional groups attached to an aromatic ring is 1. The Kier molecular flexibility index (Phi) is 4.66. The largest absolute Gasteiger partial charge is 0.397 e. The molecule has 0 bridgehead atoms. The van der Waals surface area contributed by atoms with E-state index in [1.807, 2.05) is 12.2 Å². The molecule has 0 unspecified atom stereocenters. The number of hydrogen-bond donors (Lipinski definition) is 2. The molecule has 0 fully saturated rings. The van der Waals surface area contributed by atoms with Crippen LogP contribution in [0.1, 0.15) is 12.0 Å². The lowest BCUT2D eigenvalue weighted by molar-refractivity contribution is 1.26. The number of rotatable bonds is 3. The van der Waals surface area contributed by atoms with Gasteiger partial charge < -0.3 is 5.73 Å². The number of hydrogen-bond acceptors (Lipinski definition) is 2. The third-order valence-electron chi connectivity index (χ3n) is 1.72. The Hall–Kier alpha value is -0.310. The molecule has 0 heterocycles. The van der Waals surface area contributed by atoms with E-state index in [0.29, 0.717) is 15.7 Å². The molecule has 0 aliphatic rings. The first-order chi connectivity index (χ1) is 6.65. The number of halogens is 2. The van der Waals surface area contributed by atoms with E-state index in [-0.39, 0.29) is 0 Å².